The first-order valence-electron chi connectivity index (χ1n) is 6.60. The molecule has 19 heavy (non-hydrogen) atoms. The SMILES string of the molecule is CC(C)n1cc(Br)cc1C(=O)N(C)CCCN(C)C. The smallest absolute Gasteiger partial charge is 0.270 e. The highest BCUT2D eigenvalue weighted by Gasteiger charge is 2.18. The van der Waals surface area contributed by atoms with E-state index < -0.39 is 0 Å². The van der Waals surface area contributed by atoms with Crippen molar-refractivity contribution in [3.05, 3.63) is 22.4 Å². The van der Waals surface area contributed by atoms with Gasteiger partial charge in [-0.15, -0.1) is 0 Å². The second-order valence-electron chi connectivity index (χ2n) is 5.43. The van der Waals surface area contributed by atoms with Gasteiger partial charge in [0.25, 0.3) is 5.91 Å². The van der Waals surface area contributed by atoms with Gasteiger partial charge in [0.1, 0.15) is 5.69 Å². The topological polar surface area (TPSA) is 28.5 Å². The van der Waals surface area contributed by atoms with Gasteiger partial charge in [-0.25, -0.2) is 0 Å². The van der Waals surface area contributed by atoms with Crippen LogP contribution in [0, 0.1) is 0 Å². The lowest BCUT2D eigenvalue weighted by Crippen LogP contribution is -2.31. The number of rotatable bonds is 6. The molecule has 1 amide bonds. The van der Waals surface area contributed by atoms with Crippen LogP contribution in [0.3, 0.4) is 0 Å². The van der Waals surface area contributed by atoms with E-state index in [1.165, 1.54) is 0 Å². The van der Waals surface area contributed by atoms with Crippen LogP contribution in [0.2, 0.25) is 0 Å². The quantitative estimate of drug-likeness (QED) is 0.802. The van der Waals surface area contributed by atoms with Crippen molar-refractivity contribution < 1.29 is 4.79 Å². The van der Waals surface area contributed by atoms with Crippen LogP contribution in [0.5, 0.6) is 0 Å². The van der Waals surface area contributed by atoms with Crippen LogP contribution in [-0.2, 0) is 0 Å². The molecule has 1 aromatic rings. The second kappa shape index (κ2) is 7.10. The molecule has 5 heteroatoms. The van der Waals surface area contributed by atoms with Crippen molar-refractivity contribution in [2.75, 3.05) is 34.2 Å². The van der Waals surface area contributed by atoms with Crippen LogP contribution in [0.15, 0.2) is 16.7 Å². The molecule has 0 N–H and O–H groups in total. The lowest BCUT2D eigenvalue weighted by atomic mass is 10.3. The summed E-state index contributed by atoms with van der Waals surface area (Å²) in [7, 11) is 5.95. The highest BCUT2D eigenvalue weighted by atomic mass is 79.9. The number of carbonyl (C=O) groups is 1. The van der Waals surface area contributed by atoms with E-state index in [9.17, 15) is 4.79 Å². The summed E-state index contributed by atoms with van der Waals surface area (Å²) >= 11 is 3.44. The van der Waals surface area contributed by atoms with Gasteiger partial charge in [0.05, 0.1) is 0 Å². The summed E-state index contributed by atoms with van der Waals surface area (Å²) in [6, 6.07) is 2.17. The van der Waals surface area contributed by atoms with Gasteiger partial charge in [-0.2, -0.15) is 0 Å². The molecular weight excluding hydrogens is 306 g/mol. The van der Waals surface area contributed by atoms with Crippen LogP contribution in [-0.4, -0.2) is 54.5 Å². The first-order valence-corrected chi connectivity index (χ1v) is 7.39. The van der Waals surface area contributed by atoms with Crippen molar-refractivity contribution >= 4 is 21.8 Å². The molecular formula is C14H24BrN3O. The lowest BCUT2D eigenvalue weighted by molar-refractivity contribution is 0.0778. The predicted octanol–water partition coefficient (Wildman–Crippen LogP) is 2.86. The van der Waals surface area contributed by atoms with Crippen molar-refractivity contribution in [3.8, 4) is 0 Å². The molecule has 108 valence electrons. The van der Waals surface area contributed by atoms with Crippen molar-refractivity contribution in [1.29, 1.82) is 0 Å². The maximum Gasteiger partial charge on any atom is 0.270 e. The van der Waals surface area contributed by atoms with E-state index in [4.69, 9.17) is 0 Å². The van der Waals surface area contributed by atoms with Crippen molar-refractivity contribution in [3.63, 3.8) is 0 Å². The molecule has 1 rings (SSSR count). The largest absolute Gasteiger partial charge is 0.340 e. The summed E-state index contributed by atoms with van der Waals surface area (Å²) in [6.45, 7) is 5.93. The van der Waals surface area contributed by atoms with Gasteiger partial charge in [-0.05, 0) is 62.9 Å². The number of carbonyl (C=O) groups excluding carboxylic acids is 1. The Morgan fingerprint density at radius 1 is 1.32 bits per heavy atom. The van der Waals surface area contributed by atoms with Gasteiger partial charge in [0, 0.05) is 30.3 Å². The normalized spacial score (nSPS) is 11.4. The second-order valence-corrected chi connectivity index (χ2v) is 6.34. The molecule has 0 unspecified atom stereocenters. The maximum atomic E-state index is 12.4. The summed E-state index contributed by atoms with van der Waals surface area (Å²) in [6.07, 6.45) is 2.95. The Morgan fingerprint density at radius 3 is 2.47 bits per heavy atom. The maximum absolute atomic E-state index is 12.4. The molecule has 0 aliphatic heterocycles. The summed E-state index contributed by atoms with van der Waals surface area (Å²) < 4.78 is 2.96. The minimum Gasteiger partial charge on any atom is -0.340 e. The molecule has 0 fully saturated rings. The van der Waals surface area contributed by atoms with Crippen LogP contribution in [0.4, 0.5) is 0 Å². The molecule has 0 aliphatic carbocycles. The number of hydrogen-bond acceptors (Lipinski definition) is 2. The van der Waals surface area contributed by atoms with E-state index in [2.05, 4.69) is 34.7 Å². The first-order chi connectivity index (χ1) is 8.82. The third kappa shape index (κ3) is 4.66. The van der Waals surface area contributed by atoms with Crippen LogP contribution >= 0.6 is 15.9 Å². The Hall–Kier alpha value is -0.810. The van der Waals surface area contributed by atoms with E-state index in [0.29, 0.717) is 0 Å². The zero-order chi connectivity index (χ0) is 14.6. The van der Waals surface area contributed by atoms with Crippen molar-refractivity contribution in [2.45, 2.75) is 26.3 Å². The molecule has 1 aromatic heterocycles. The van der Waals surface area contributed by atoms with Gasteiger partial charge in [0.2, 0.25) is 0 Å². The zero-order valence-corrected chi connectivity index (χ0v) is 14.1. The molecule has 0 bridgehead atoms. The molecule has 0 saturated carbocycles. The first kappa shape index (κ1) is 16.2. The fraction of sp³-hybridized carbons (Fsp3) is 0.643. The Labute approximate surface area is 124 Å². The average molecular weight is 330 g/mol. The van der Waals surface area contributed by atoms with Gasteiger partial charge in [0.15, 0.2) is 0 Å². The van der Waals surface area contributed by atoms with Gasteiger partial charge >= 0.3 is 0 Å². The summed E-state index contributed by atoms with van der Waals surface area (Å²) in [5.74, 6) is 0.0816. The van der Waals surface area contributed by atoms with Crippen molar-refractivity contribution in [2.24, 2.45) is 0 Å². The van der Waals surface area contributed by atoms with E-state index >= 15 is 0 Å². The third-order valence-electron chi connectivity index (χ3n) is 3.04. The standard InChI is InChI=1S/C14H24BrN3O/c1-11(2)18-10-12(15)9-13(18)14(19)17(5)8-6-7-16(3)4/h9-11H,6-8H2,1-5H3. The number of aromatic nitrogens is 1. The monoisotopic (exact) mass is 329 g/mol. The molecule has 0 aromatic carbocycles. The fourth-order valence-corrected chi connectivity index (χ4v) is 2.40. The van der Waals surface area contributed by atoms with Crippen LogP contribution < -0.4 is 0 Å². The number of halogens is 1. The Bertz CT molecular complexity index is 426. The predicted molar refractivity (Wildman–Crippen MR) is 82.6 cm³/mol. The lowest BCUT2D eigenvalue weighted by Gasteiger charge is -2.20. The van der Waals surface area contributed by atoms with Crippen LogP contribution in [0.1, 0.15) is 36.8 Å². The summed E-state index contributed by atoms with van der Waals surface area (Å²) in [4.78, 5) is 16.4. The zero-order valence-electron chi connectivity index (χ0n) is 12.5. The van der Waals surface area contributed by atoms with E-state index in [1.54, 1.807) is 4.90 Å². The Morgan fingerprint density at radius 2 is 1.95 bits per heavy atom. The molecule has 0 aliphatic rings. The molecule has 1 heterocycles. The molecule has 0 atom stereocenters. The van der Waals surface area contributed by atoms with Crippen LogP contribution in [0.25, 0.3) is 0 Å². The summed E-state index contributed by atoms with van der Waals surface area (Å²) in [5.41, 5.74) is 0.745. The average Bonchev–Trinajstić information content (AvgIpc) is 2.69. The van der Waals surface area contributed by atoms with Gasteiger partial charge in [-0.3, -0.25) is 4.79 Å². The summed E-state index contributed by atoms with van der Waals surface area (Å²) in [5, 5.41) is 0. The van der Waals surface area contributed by atoms with Gasteiger partial charge < -0.3 is 14.4 Å². The van der Waals surface area contributed by atoms with E-state index in [-0.39, 0.29) is 11.9 Å². The number of hydrogen-bond donors (Lipinski definition) is 0. The fourth-order valence-electron chi connectivity index (χ4n) is 1.97. The molecule has 0 saturated heterocycles. The van der Waals surface area contributed by atoms with Gasteiger partial charge in [-0.1, -0.05) is 0 Å². The van der Waals surface area contributed by atoms with E-state index in [1.807, 2.05) is 38.0 Å². The number of nitrogens with zero attached hydrogens (tertiary/aromatic N) is 3. The Kier molecular flexibility index (Phi) is 6.07. The molecule has 4 nitrogen and oxygen atoms in total. The minimum absolute atomic E-state index is 0.0816. The highest BCUT2D eigenvalue weighted by Crippen LogP contribution is 2.20. The van der Waals surface area contributed by atoms with Crippen molar-refractivity contribution in [1.82, 2.24) is 14.4 Å². The molecule has 0 radical (unpaired) electrons. The highest BCUT2D eigenvalue weighted by molar-refractivity contribution is 9.10. The van der Waals surface area contributed by atoms with E-state index in [0.717, 1.165) is 29.7 Å². The minimum atomic E-state index is 0.0816. The Balaban J connectivity index is 2.71. The number of amides is 1. The third-order valence-corrected chi connectivity index (χ3v) is 3.47. The molecule has 0 spiro atoms.